The third-order valence-electron chi connectivity index (χ3n) is 4.34. The number of nitrogens with zero attached hydrogens (tertiary/aromatic N) is 2. The van der Waals surface area contributed by atoms with Crippen LogP contribution in [0.2, 0.25) is 0 Å². The molecule has 1 aromatic carbocycles. The molecule has 1 saturated heterocycles. The number of aliphatic imine (C=N–C) groups is 1. The lowest BCUT2D eigenvalue weighted by atomic mass is 10.1. The minimum Gasteiger partial charge on any atom is -0.355 e. The summed E-state index contributed by atoms with van der Waals surface area (Å²) in [7, 11) is 1.82. The van der Waals surface area contributed by atoms with Gasteiger partial charge in [0, 0.05) is 36.5 Å². The lowest BCUT2D eigenvalue weighted by molar-refractivity contribution is 0.584. The predicted molar refractivity (Wildman–Crippen MR) is 115 cm³/mol. The highest BCUT2D eigenvalue weighted by atomic mass is 127. The second-order valence-corrected chi connectivity index (χ2v) is 7.85. The molecule has 1 unspecified atom stereocenters. The molecule has 1 atom stereocenters. The van der Waals surface area contributed by atoms with E-state index in [2.05, 4.69) is 57.5 Å². The number of thioether (sulfide) groups is 1. The molecule has 2 heterocycles. The number of rotatable bonds is 4. The van der Waals surface area contributed by atoms with Crippen molar-refractivity contribution < 1.29 is 0 Å². The van der Waals surface area contributed by atoms with Gasteiger partial charge in [0.05, 0.1) is 5.52 Å². The van der Waals surface area contributed by atoms with Crippen LogP contribution in [0.25, 0.3) is 10.9 Å². The van der Waals surface area contributed by atoms with Crippen LogP contribution in [0.3, 0.4) is 0 Å². The maximum atomic E-state index is 4.41. The van der Waals surface area contributed by atoms with Crippen LogP contribution in [0.5, 0.6) is 0 Å². The number of para-hydroxylation sites is 1. The molecule has 2 aromatic rings. The van der Waals surface area contributed by atoms with Crippen molar-refractivity contribution in [2.45, 2.75) is 31.1 Å². The standard InChI is InChI=1S/C18H24N4S.HI/c1-18(9-5-11-23-18)13-22-17(19-2)21-12-14-8-10-20-16-7-4-3-6-15(14)16;/h3-4,6-8,10H,5,9,11-13H2,1-2H3,(H2,19,21,22);1H. The van der Waals surface area contributed by atoms with Gasteiger partial charge in [-0.25, -0.2) is 0 Å². The van der Waals surface area contributed by atoms with Crippen LogP contribution >= 0.6 is 35.7 Å². The quantitative estimate of drug-likeness (QED) is 0.418. The molecule has 1 fully saturated rings. The van der Waals surface area contributed by atoms with Gasteiger partial charge in [-0.05, 0) is 43.2 Å². The van der Waals surface area contributed by atoms with Crippen LogP contribution in [0.4, 0.5) is 0 Å². The zero-order chi connectivity index (χ0) is 16.1. The molecule has 3 rings (SSSR count). The molecular formula is C18H25IN4S. The third kappa shape index (κ3) is 4.75. The number of guanidine groups is 1. The van der Waals surface area contributed by atoms with Gasteiger partial charge in [0.25, 0.3) is 0 Å². The predicted octanol–water partition coefficient (Wildman–Crippen LogP) is 3.80. The minimum atomic E-state index is 0. The van der Waals surface area contributed by atoms with Gasteiger partial charge in [-0.15, -0.1) is 24.0 Å². The van der Waals surface area contributed by atoms with Gasteiger partial charge in [-0.1, -0.05) is 18.2 Å². The van der Waals surface area contributed by atoms with E-state index in [1.54, 1.807) is 0 Å². The number of hydrogen-bond donors (Lipinski definition) is 2. The second-order valence-electron chi connectivity index (χ2n) is 6.17. The Hall–Kier alpha value is -1.02. The summed E-state index contributed by atoms with van der Waals surface area (Å²) in [5, 5.41) is 8.08. The SMILES string of the molecule is CN=C(NCc1ccnc2ccccc12)NCC1(C)CCCS1.I. The molecule has 4 nitrogen and oxygen atoms in total. The summed E-state index contributed by atoms with van der Waals surface area (Å²) in [6.45, 7) is 4.03. The Kier molecular flexibility index (Phi) is 7.16. The van der Waals surface area contributed by atoms with Crippen LogP contribution in [0.15, 0.2) is 41.5 Å². The first-order valence-electron chi connectivity index (χ1n) is 8.11. The Morgan fingerprint density at radius 2 is 2.12 bits per heavy atom. The summed E-state index contributed by atoms with van der Waals surface area (Å²) >= 11 is 2.06. The fourth-order valence-corrected chi connectivity index (χ4v) is 4.20. The van der Waals surface area contributed by atoms with E-state index in [-0.39, 0.29) is 24.0 Å². The molecule has 24 heavy (non-hydrogen) atoms. The highest BCUT2D eigenvalue weighted by molar-refractivity contribution is 14.0. The van der Waals surface area contributed by atoms with Gasteiger partial charge < -0.3 is 10.6 Å². The third-order valence-corrected chi connectivity index (χ3v) is 5.88. The van der Waals surface area contributed by atoms with Gasteiger partial charge in [-0.3, -0.25) is 9.98 Å². The van der Waals surface area contributed by atoms with E-state index in [1.807, 2.05) is 25.4 Å². The van der Waals surface area contributed by atoms with E-state index >= 15 is 0 Å². The highest BCUT2D eigenvalue weighted by Crippen LogP contribution is 2.36. The topological polar surface area (TPSA) is 49.3 Å². The summed E-state index contributed by atoms with van der Waals surface area (Å²) in [5.41, 5.74) is 2.27. The Morgan fingerprint density at radius 3 is 2.88 bits per heavy atom. The summed E-state index contributed by atoms with van der Waals surface area (Å²) in [6, 6.07) is 10.3. The largest absolute Gasteiger partial charge is 0.355 e. The average molecular weight is 456 g/mol. The fraction of sp³-hybridized carbons (Fsp3) is 0.444. The Morgan fingerprint density at radius 1 is 1.29 bits per heavy atom. The Labute approximate surface area is 165 Å². The molecule has 0 radical (unpaired) electrons. The van der Waals surface area contributed by atoms with Crippen LogP contribution in [0, 0.1) is 0 Å². The summed E-state index contributed by atoms with van der Waals surface area (Å²) in [6.07, 6.45) is 4.46. The zero-order valence-electron chi connectivity index (χ0n) is 14.2. The minimum absolute atomic E-state index is 0. The number of benzene rings is 1. The molecule has 0 spiro atoms. The van der Waals surface area contributed by atoms with Crippen LogP contribution in [0.1, 0.15) is 25.3 Å². The number of halogens is 1. The van der Waals surface area contributed by atoms with Crippen LogP contribution in [-0.4, -0.2) is 35.0 Å². The van der Waals surface area contributed by atoms with E-state index in [0.717, 1.165) is 24.6 Å². The highest BCUT2D eigenvalue weighted by Gasteiger charge is 2.29. The number of pyridine rings is 1. The number of fused-ring (bicyclic) bond motifs is 1. The average Bonchev–Trinajstić information content (AvgIpc) is 3.02. The van der Waals surface area contributed by atoms with E-state index < -0.39 is 0 Å². The molecule has 0 aliphatic carbocycles. The molecule has 0 bridgehead atoms. The van der Waals surface area contributed by atoms with Crippen molar-refractivity contribution in [3.63, 3.8) is 0 Å². The summed E-state index contributed by atoms with van der Waals surface area (Å²) in [5.74, 6) is 2.13. The molecule has 1 aliphatic heterocycles. The summed E-state index contributed by atoms with van der Waals surface area (Å²) in [4.78, 5) is 8.76. The fourth-order valence-electron chi connectivity index (χ4n) is 2.96. The van der Waals surface area contributed by atoms with Gasteiger partial charge in [0.2, 0.25) is 0 Å². The lowest BCUT2D eigenvalue weighted by Gasteiger charge is -2.24. The van der Waals surface area contributed by atoms with Gasteiger partial charge in [0.15, 0.2) is 5.96 Å². The Balaban J connectivity index is 0.00000208. The molecule has 6 heteroatoms. The molecule has 0 amide bonds. The number of aromatic nitrogens is 1. The van der Waals surface area contributed by atoms with Crippen molar-refractivity contribution in [3.05, 3.63) is 42.1 Å². The first-order valence-corrected chi connectivity index (χ1v) is 9.10. The summed E-state index contributed by atoms with van der Waals surface area (Å²) < 4.78 is 0.334. The molecule has 130 valence electrons. The van der Waals surface area contributed by atoms with Gasteiger partial charge >= 0.3 is 0 Å². The normalized spacial score (nSPS) is 20.7. The van der Waals surface area contributed by atoms with E-state index in [4.69, 9.17) is 0 Å². The van der Waals surface area contributed by atoms with Crippen LogP contribution < -0.4 is 10.6 Å². The first-order chi connectivity index (χ1) is 11.2. The molecule has 0 saturated carbocycles. The van der Waals surface area contributed by atoms with E-state index in [9.17, 15) is 0 Å². The zero-order valence-corrected chi connectivity index (χ0v) is 17.4. The van der Waals surface area contributed by atoms with Crippen molar-refractivity contribution in [1.82, 2.24) is 15.6 Å². The van der Waals surface area contributed by atoms with Crippen molar-refractivity contribution in [1.29, 1.82) is 0 Å². The van der Waals surface area contributed by atoms with E-state index in [1.165, 1.54) is 29.5 Å². The van der Waals surface area contributed by atoms with Gasteiger partial charge in [0.1, 0.15) is 0 Å². The number of hydrogen-bond acceptors (Lipinski definition) is 3. The van der Waals surface area contributed by atoms with Crippen molar-refractivity contribution >= 4 is 52.6 Å². The first kappa shape index (κ1) is 19.3. The maximum Gasteiger partial charge on any atom is 0.191 e. The van der Waals surface area contributed by atoms with Crippen molar-refractivity contribution in [3.8, 4) is 0 Å². The van der Waals surface area contributed by atoms with Gasteiger partial charge in [-0.2, -0.15) is 11.8 Å². The lowest BCUT2D eigenvalue weighted by Crippen LogP contribution is -2.43. The number of nitrogens with one attached hydrogen (secondary N) is 2. The maximum absolute atomic E-state index is 4.41. The molecule has 1 aromatic heterocycles. The Bertz CT molecular complexity index is 693. The van der Waals surface area contributed by atoms with Crippen molar-refractivity contribution in [2.75, 3.05) is 19.3 Å². The molecule has 2 N–H and O–H groups in total. The van der Waals surface area contributed by atoms with Crippen molar-refractivity contribution in [2.24, 2.45) is 4.99 Å². The van der Waals surface area contributed by atoms with Crippen LogP contribution in [-0.2, 0) is 6.54 Å². The molecular weight excluding hydrogens is 431 g/mol. The molecule has 1 aliphatic rings. The monoisotopic (exact) mass is 456 g/mol. The van der Waals surface area contributed by atoms with E-state index in [0.29, 0.717) is 4.75 Å². The smallest absolute Gasteiger partial charge is 0.191 e. The second kappa shape index (κ2) is 8.89.